The van der Waals surface area contributed by atoms with Gasteiger partial charge in [0.1, 0.15) is 5.54 Å². The van der Waals surface area contributed by atoms with E-state index in [0.717, 1.165) is 12.8 Å². The topological polar surface area (TPSA) is 90.1 Å². The Morgan fingerprint density at radius 1 is 1.43 bits per heavy atom. The van der Waals surface area contributed by atoms with Crippen molar-refractivity contribution in [2.75, 3.05) is 13.2 Å². The molecule has 3 N–H and O–H groups in total. The predicted molar refractivity (Wildman–Crippen MR) is 50.6 cm³/mol. The molecule has 0 aromatic carbocycles. The standard InChI is InChI=1S/C9H17NO4/c1-2-3-4-8(14)9(5-11,6-12)10-7-13/h8,11-12,14H,2-6H2,1H3. The van der Waals surface area contributed by atoms with E-state index in [1.807, 2.05) is 6.92 Å². The minimum absolute atomic E-state index is 0.392. The summed E-state index contributed by atoms with van der Waals surface area (Å²) in [4.78, 5) is 13.4. The maximum absolute atomic E-state index is 10.1. The number of unbranched alkanes of at least 4 members (excludes halogenated alkanes) is 1. The van der Waals surface area contributed by atoms with Crippen molar-refractivity contribution in [3.63, 3.8) is 0 Å². The SMILES string of the molecule is CCCCC(O)C(CO)(CO)N=C=O. The van der Waals surface area contributed by atoms with E-state index in [-0.39, 0.29) is 0 Å². The van der Waals surface area contributed by atoms with Crippen LogP contribution < -0.4 is 0 Å². The number of isocyanates is 1. The number of aliphatic hydroxyl groups excluding tert-OH is 3. The number of rotatable bonds is 7. The summed E-state index contributed by atoms with van der Waals surface area (Å²) in [6, 6.07) is 0. The van der Waals surface area contributed by atoms with E-state index >= 15 is 0 Å². The molecule has 0 aromatic rings. The second kappa shape index (κ2) is 6.68. The third-order valence-electron chi connectivity index (χ3n) is 2.27. The fourth-order valence-electron chi connectivity index (χ4n) is 1.16. The molecule has 0 amide bonds. The van der Waals surface area contributed by atoms with Crippen LogP contribution in [0, 0.1) is 0 Å². The zero-order chi connectivity index (χ0) is 11.0. The Balaban J connectivity index is 4.52. The first-order valence-electron chi connectivity index (χ1n) is 4.65. The average Bonchev–Trinajstić information content (AvgIpc) is 2.22. The molecule has 0 fully saturated rings. The highest BCUT2D eigenvalue weighted by Gasteiger charge is 2.36. The first kappa shape index (κ1) is 13.3. The van der Waals surface area contributed by atoms with Gasteiger partial charge in [-0.25, -0.2) is 4.79 Å². The lowest BCUT2D eigenvalue weighted by Crippen LogP contribution is -2.47. The second-order valence-electron chi connectivity index (χ2n) is 3.28. The Morgan fingerprint density at radius 3 is 2.36 bits per heavy atom. The molecule has 14 heavy (non-hydrogen) atoms. The van der Waals surface area contributed by atoms with Crippen LogP contribution in [0.25, 0.3) is 0 Å². The molecule has 1 unspecified atom stereocenters. The molecule has 0 saturated heterocycles. The fourth-order valence-corrected chi connectivity index (χ4v) is 1.16. The molecule has 5 heteroatoms. The third-order valence-corrected chi connectivity index (χ3v) is 2.27. The average molecular weight is 203 g/mol. The van der Waals surface area contributed by atoms with Crippen molar-refractivity contribution in [1.29, 1.82) is 0 Å². The number of hydrogen-bond donors (Lipinski definition) is 3. The van der Waals surface area contributed by atoms with Crippen LogP contribution in [-0.4, -0.2) is 46.3 Å². The fraction of sp³-hybridized carbons (Fsp3) is 0.889. The first-order valence-corrected chi connectivity index (χ1v) is 4.65. The molecule has 0 spiro atoms. The van der Waals surface area contributed by atoms with Crippen molar-refractivity contribution in [2.24, 2.45) is 4.99 Å². The largest absolute Gasteiger partial charge is 0.394 e. The molecule has 0 rings (SSSR count). The second-order valence-corrected chi connectivity index (χ2v) is 3.28. The maximum Gasteiger partial charge on any atom is 0.235 e. The van der Waals surface area contributed by atoms with Crippen molar-refractivity contribution in [3.8, 4) is 0 Å². The van der Waals surface area contributed by atoms with Crippen molar-refractivity contribution < 1.29 is 20.1 Å². The molecule has 82 valence electrons. The van der Waals surface area contributed by atoms with Crippen molar-refractivity contribution in [1.82, 2.24) is 0 Å². The Kier molecular flexibility index (Phi) is 6.32. The minimum Gasteiger partial charge on any atom is -0.394 e. The molecule has 0 aliphatic rings. The molecular weight excluding hydrogens is 186 g/mol. The zero-order valence-corrected chi connectivity index (χ0v) is 8.31. The summed E-state index contributed by atoms with van der Waals surface area (Å²) in [6.07, 6.45) is 2.27. The Hall–Kier alpha value is -0.740. The number of aliphatic imine (C=N–C) groups is 1. The molecule has 0 aliphatic heterocycles. The van der Waals surface area contributed by atoms with Crippen LogP contribution in [-0.2, 0) is 4.79 Å². The van der Waals surface area contributed by atoms with E-state index in [1.165, 1.54) is 6.08 Å². The van der Waals surface area contributed by atoms with Gasteiger partial charge in [0.05, 0.1) is 19.3 Å². The minimum atomic E-state index is -1.49. The van der Waals surface area contributed by atoms with Gasteiger partial charge in [0.2, 0.25) is 6.08 Å². The first-order chi connectivity index (χ1) is 6.66. The van der Waals surface area contributed by atoms with E-state index in [0.29, 0.717) is 6.42 Å². The van der Waals surface area contributed by atoms with Gasteiger partial charge >= 0.3 is 0 Å². The summed E-state index contributed by atoms with van der Waals surface area (Å²) < 4.78 is 0. The van der Waals surface area contributed by atoms with Crippen LogP contribution in [0.1, 0.15) is 26.2 Å². The highest BCUT2D eigenvalue weighted by atomic mass is 16.3. The van der Waals surface area contributed by atoms with Gasteiger partial charge in [-0.1, -0.05) is 19.8 Å². The van der Waals surface area contributed by atoms with Gasteiger partial charge in [0.15, 0.2) is 0 Å². The van der Waals surface area contributed by atoms with Gasteiger partial charge in [0, 0.05) is 0 Å². The summed E-state index contributed by atoms with van der Waals surface area (Å²) in [5.41, 5.74) is -1.49. The maximum atomic E-state index is 10.1. The van der Waals surface area contributed by atoms with Crippen molar-refractivity contribution in [2.45, 2.75) is 37.8 Å². The summed E-state index contributed by atoms with van der Waals surface area (Å²) in [7, 11) is 0. The number of aliphatic hydroxyl groups is 3. The van der Waals surface area contributed by atoms with Gasteiger partial charge in [-0.2, -0.15) is 4.99 Å². The van der Waals surface area contributed by atoms with Gasteiger partial charge in [-0.3, -0.25) is 0 Å². The zero-order valence-electron chi connectivity index (χ0n) is 8.31. The smallest absolute Gasteiger partial charge is 0.235 e. The van der Waals surface area contributed by atoms with Crippen molar-refractivity contribution >= 4 is 6.08 Å². The molecule has 0 heterocycles. The Bertz CT molecular complexity index is 197. The van der Waals surface area contributed by atoms with Crippen LogP contribution in [0.3, 0.4) is 0 Å². The van der Waals surface area contributed by atoms with E-state index < -0.39 is 24.9 Å². The predicted octanol–water partition coefficient (Wildman–Crippen LogP) is -0.403. The van der Waals surface area contributed by atoms with Gasteiger partial charge in [-0.05, 0) is 6.42 Å². The summed E-state index contributed by atoms with van der Waals surface area (Å²) in [6.45, 7) is 0.822. The molecule has 0 saturated carbocycles. The molecule has 1 atom stereocenters. The van der Waals surface area contributed by atoms with Gasteiger partial charge in [-0.15, -0.1) is 0 Å². The highest BCUT2D eigenvalue weighted by Crippen LogP contribution is 2.19. The van der Waals surface area contributed by atoms with Crippen LogP contribution in [0.2, 0.25) is 0 Å². The summed E-state index contributed by atoms with van der Waals surface area (Å²) in [5.74, 6) is 0. The summed E-state index contributed by atoms with van der Waals surface area (Å²) >= 11 is 0. The lowest BCUT2D eigenvalue weighted by atomic mass is 9.91. The molecule has 0 aromatic heterocycles. The van der Waals surface area contributed by atoms with Gasteiger partial charge < -0.3 is 15.3 Å². The lowest BCUT2D eigenvalue weighted by molar-refractivity contribution is 0.00417. The number of carbonyl (C=O) groups excluding carboxylic acids is 1. The van der Waals surface area contributed by atoms with Crippen LogP contribution in [0.15, 0.2) is 4.99 Å². The van der Waals surface area contributed by atoms with E-state index in [4.69, 9.17) is 10.2 Å². The van der Waals surface area contributed by atoms with E-state index in [9.17, 15) is 9.90 Å². The Labute approximate surface area is 83.1 Å². The molecule has 5 nitrogen and oxygen atoms in total. The molecule has 0 aliphatic carbocycles. The van der Waals surface area contributed by atoms with E-state index in [2.05, 4.69) is 4.99 Å². The normalized spacial score (nSPS) is 13.4. The Morgan fingerprint density at radius 2 is 2.00 bits per heavy atom. The van der Waals surface area contributed by atoms with Crippen LogP contribution in [0.5, 0.6) is 0 Å². The van der Waals surface area contributed by atoms with Crippen LogP contribution in [0.4, 0.5) is 0 Å². The number of nitrogens with zero attached hydrogens (tertiary/aromatic N) is 1. The van der Waals surface area contributed by atoms with Crippen molar-refractivity contribution in [3.05, 3.63) is 0 Å². The number of hydrogen-bond acceptors (Lipinski definition) is 5. The third kappa shape index (κ3) is 3.20. The van der Waals surface area contributed by atoms with Crippen LogP contribution >= 0.6 is 0 Å². The quantitative estimate of drug-likeness (QED) is 0.388. The summed E-state index contributed by atoms with van der Waals surface area (Å²) in [5, 5.41) is 27.6. The molecular formula is C9H17NO4. The van der Waals surface area contributed by atoms with Gasteiger partial charge in [0.25, 0.3) is 0 Å². The monoisotopic (exact) mass is 203 g/mol. The highest BCUT2D eigenvalue weighted by molar-refractivity contribution is 5.35. The van der Waals surface area contributed by atoms with E-state index in [1.54, 1.807) is 0 Å². The molecule has 0 radical (unpaired) electrons. The lowest BCUT2D eigenvalue weighted by Gasteiger charge is -2.28. The molecule has 0 bridgehead atoms.